The number of amides is 1. The molecule has 2 aromatic carbocycles. The van der Waals surface area contributed by atoms with Gasteiger partial charge in [-0.3, -0.25) is 14.4 Å². The van der Waals surface area contributed by atoms with Crippen LogP contribution in [0, 0.1) is 0 Å². The summed E-state index contributed by atoms with van der Waals surface area (Å²) < 4.78 is 31.3. The number of ether oxygens (including phenoxy) is 1. The molecule has 1 amide bonds. The van der Waals surface area contributed by atoms with Crippen LogP contribution >= 0.6 is 34.5 Å². The van der Waals surface area contributed by atoms with Crippen LogP contribution in [-0.2, 0) is 14.8 Å². The lowest BCUT2D eigenvalue weighted by molar-refractivity contribution is -0.117. The van der Waals surface area contributed by atoms with Crippen LogP contribution in [-0.4, -0.2) is 43.9 Å². The smallest absolute Gasteiger partial charge is 0.250 e. The van der Waals surface area contributed by atoms with Crippen LogP contribution in [0.5, 0.6) is 5.75 Å². The van der Waals surface area contributed by atoms with Gasteiger partial charge in [0.1, 0.15) is 16.8 Å². The Morgan fingerprint density at radius 3 is 2.41 bits per heavy atom. The Morgan fingerprint density at radius 1 is 1.16 bits per heavy atom. The van der Waals surface area contributed by atoms with Crippen LogP contribution in [0.2, 0.25) is 10.0 Å². The van der Waals surface area contributed by atoms with Crippen molar-refractivity contribution in [3.63, 3.8) is 0 Å². The van der Waals surface area contributed by atoms with Crippen LogP contribution < -0.4 is 14.4 Å². The number of hydrogen-bond acceptors (Lipinski definition) is 7. The summed E-state index contributed by atoms with van der Waals surface area (Å²) in [4.78, 5) is 13.0. The number of rotatable bonds is 8. The van der Waals surface area contributed by atoms with Gasteiger partial charge < -0.3 is 4.74 Å². The Hall–Kier alpha value is -2.40. The average Bonchev–Trinajstić information content (AvgIpc) is 3.21. The Morgan fingerprint density at radius 2 is 1.84 bits per heavy atom. The first-order valence-electron chi connectivity index (χ1n) is 9.37. The fourth-order valence-electron chi connectivity index (χ4n) is 3.00. The van der Waals surface area contributed by atoms with Gasteiger partial charge in [-0.05, 0) is 48.9 Å². The Balaban J connectivity index is 1.85. The quantitative estimate of drug-likeness (QED) is 0.467. The second kappa shape index (κ2) is 10.0. The summed E-state index contributed by atoms with van der Waals surface area (Å²) in [6.45, 7) is 1.71. The second-order valence-electron chi connectivity index (χ2n) is 6.71. The first kappa shape index (κ1) is 24.2. The largest absolute Gasteiger partial charge is 0.497 e. The van der Waals surface area contributed by atoms with Crippen molar-refractivity contribution in [1.29, 1.82) is 0 Å². The van der Waals surface area contributed by atoms with E-state index in [-0.39, 0.29) is 27.3 Å². The zero-order chi connectivity index (χ0) is 23.5. The Labute approximate surface area is 200 Å². The second-order valence-corrected chi connectivity index (χ2v) is 10.4. The number of carbonyl (C=O) groups excluding carboxylic acids is 1. The summed E-state index contributed by atoms with van der Waals surface area (Å²) in [5, 5.41) is 12.1. The molecule has 0 spiro atoms. The molecule has 1 heterocycles. The topological polar surface area (TPSA) is 101 Å². The molecule has 3 rings (SSSR count). The van der Waals surface area contributed by atoms with Crippen molar-refractivity contribution >= 4 is 61.3 Å². The van der Waals surface area contributed by atoms with E-state index in [1.54, 1.807) is 26.2 Å². The van der Waals surface area contributed by atoms with E-state index in [9.17, 15) is 13.2 Å². The zero-order valence-corrected chi connectivity index (χ0v) is 20.5. The number of sulfonamides is 1. The van der Waals surface area contributed by atoms with Gasteiger partial charge in [-0.1, -0.05) is 41.5 Å². The summed E-state index contributed by atoms with van der Waals surface area (Å²) in [6.07, 6.45) is 1.24. The molecule has 170 valence electrons. The number of anilines is 2. The number of aromatic nitrogens is 2. The highest BCUT2D eigenvalue weighted by Crippen LogP contribution is 2.31. The molecular weight excluding hydrogens is 495 g/mol. The minimum absolute atomic E-state index is 0.182. The Bertz CT molecular complexity index is 1220. The molecule has 0 aliphatic rings. The lowest BCUT2D eigenvalue weighted by Gasteiger charge is -2.30. The molecule has 1 aromatic heterocycles. The van der Waals surface area contributed by atoms with Crippen LogP contribution in [0.3, 0.4) is 0 Å². The van der Waals surface area contributed by atoms with Gasteiger partial charge in [0, 0.05) is 5.56 Å². The van der Waals surface area contributed by atoms with E-state index in [0.717, 1.165) is 16.1 Å². The fourth-order valence-corrected chi connectivity index (χ4v) is 5.24. The molecule has 1 N–H and O–H groups in total. The standard InChI is InChI=1S/C20H20Cl2N4O4S2/c1-4-17(26(32(3,28)29)13-7-10-15(21)16(22)11-13)18(27)23-20-25-24-19(31-20)12-5-8-14(30-2)9-6-12/h5-11,17H,4H2,1-3H3,(H,23,25,27)/t17-/m0/s1. The van der Waals surface area contributed by atoms with Gasteiger partial charge in [0.2, 0.25) is 21.1 Å². The molecule has 0 saturated heterocycles. The highest BCUT2D eigenvalue weighted by Gasteiger charge is 2.32. The molecule has 0 radical (unpaired) electrons. The van der Waals surface area contributed by atoms with E-state index in [0.29, 0.717) is 10.8 Å². The zero-order valence-electron chi connectivity index (χ0n) is 17.4. The molecule has 1 atom stereocenters. The lowest BCUT2D eigenvalue weighted by Crippen LogP contribution is -2.47. The molecule has 0 bridgehead atoms. The molecule has 0 aliphatic carbocycles. The van der Waals surface area contributed by atoms with Gasteiger partial charge in [0.15, 0.2) is 0 Å². The van der Waals surface area contributed by atoms with Crippen LogP contribution in [0.25, 0.3) is 10.6 Å². The van der Waals surface area contributed by atoms with Gasteiger partial charge in [0.05, 0.1) is 29.1 Å². The molecule has 12 heteroatoms. The summed E-state index contributed by atoms with van der Waals surface area (Å²) in [5.41, 5.74) is 1.05. The van der Waals surface area contributed by atoms with Crippen molar-refractivity contribution in [2.45, 2.75) is 19.4 Å². The highest BCUT2D eigenvalue weighted by molar-refractivity contribution is 7.92. The predicted molar refractivity (Wildman–Crippen MR) is 128 cm³/mol. The van der Waals surface area contributed by atoms with Crippen LogP contribution in [0.4, 0.5) is 10.8 Å². The van der Waals surface area contributed by atoms with Gasteiger partial charge in [0.25, 0.3) is 0 Å². The van der Waals surface area contributed by atoms with E-state index < -0.39 is 22.0 Å². The number of benzene rings is 2. The summed E-state index contributed by atoms with van der Waals surface area (Å²) in [7, 11) is -2.24. The molecule has 0 fully saturated rings. The summed E-state index contributed by atoms with van der Waals surface area (Å²) in [5.74, 6) is 0.169. The minimum atomic E-state index is -3.81. The first-order valence-corrected chi connectivity index (χ1v) is 12.8. The maximum atomic E-state index is 13.0. The molecule has 32 heavy (non-hydrogen) atoms. The first-order chi connectivity index (χ1) is 15.1. The fraction of sp³-hybridized carbons (Fsp3) is 0.250. The predicted octanol–water partition coefficient (Wildman–Crippen LogP) is 4.70. The van der Waals surface area contributed by atoms with Gasteiger partial charge in [-0.25, -0.2) is 8.42 Å². The van der Waals surface area contributed by atoms with Gasteiger partial charge in [-0.2, -0.15) is 0 Å². The maximum absolute atomic E-state index is 13.0. The van der Waals surface area contributed by atoms with E-state index in [4.69, 9.17) is 27.9 Å². The molecule has 0 unspecified atom stereocenters. The van der Waals surface area contributed by atoms with Crippen molar-refractivity contribution in [3.05, 3.63) is 52.5 Å². The molecule has 8 nitrogen and oxygen atoms in total. The van der Waals surface area contributed by atoms with Crippen molar-refractivity contribution in [1.82, 2.24) is 10.2 Å². The molecule has 3 aromatic rings. The monoisotopic (exact) mass is 514 g/mol. The Kier molecular flexibility index (Phi) is 7.60. The van der Waals surface area contributed by atoms with Crippen molar-refractivity contribution in [3.8, 4) is 16.3 Å². The number of carbonyl (C=O) groups is 1. The molecule has 0 saturated carbocycles. The molecular formula is C20H20Cl2N4O4S2. The number of nitrogens with zero attached hydrogens (tertiary/aromatic N) is 3. The summed E-state index contributed by atoms with van der Waals surface area (Å²) in [6, 6.07) is 10.6. The number of halogens is 2. The highest BCUT2D eigenvalue weighted by atomic mass is 35.5. The normalized spacial score (nSPS) is 12.3. The van der Waals surface area contributed by atoms with Crippen molar-refractivity contribution in [2.75, 3.05) is 23.0 Å². The summed E-state index contributed by atoms with van der Waals surface area (Å²) >= 11 is 13.2. The van der Waals surface area contributed by atoms with E-state index in [1.807, 2.05) is 12.1 Å². The third-order valence-electron chi connectivity index (χ3n) is 4.48. The number of nitrogens with one attached hydrogen (secondary N) is 1. The maximum Gasteiger partial charge on any atom is 0.250 e. The van der Waals surface area contributed by atoms with Crippen LogP contribution in [0.1, 0.15) is 13.3 Å². The third kappa shape index (κ3) is 5.50. The van der Waals surface area contributed by atoms with Gasteiger partial charge in [-0.15, -0.1) is 10.2 Å². The number of hydrogen-bond donors (Lipinski definition) is 1. The van der Waals surface area contributed by atoms with E-state index >= 15 is 0 Å². The minimum Gasteiger partial charge on any atom is -0.497 e. The van der Waals surface area contributed by atoms with Crippen molar-refractivity contribution < 1.29 is 17.9 Å². The number of methoxy groups -OCH3 is 1. The van der Waals surface area contributed by atoms with Crippen LogP contribution in [0.15, 0.2) is 42.5 Å². The van der Waals surface area contributed by atoms with Crippen molar-refractivity contribution in [2.24, 2.45) is 0 Å². The van der Waals surface area contributed by atoms with E-state index in [1.165, 1.54) is 29.5 Å². The average molecular weight is 515 g/mol. The van der Waals surface area contributed by atoms with Gasteiger partial charge >= 0.3 is 0 Å². The lowest BCUT2D eigenvalue weighted by atomic mass is 10.2. The SMILES string of the molecule is CC[C@@H](C(=O)Nc1nnc(-c2ccc(OC)cc2)s1)N(c1ccc(Cl)c(Cl)c1)S(C)(=O)=O. The molecule has 0 aliphatic heterocycles. The third-order valence-corrected chi connectivity index (χ3v) is 7.29. The van der Waals surface area contributed by atoms with E-state index in [2.05, 4.69) is 15.5 Å².